The largest absolute Gasteiger partial charge is 0.484 e. The lowest BCUT2D eigenvalue weighted by Crippen LogP contribution is -2.40. The van der Waals surface area contributed by atoms with E-state index in [0.717, 1.165) is 18.0 Å². The predicted octanol–water partition coefficient (Wildman–Crippen LogP) is 2.89. The number of benzene rings is 1. The second-order valence-electron chi connectivity index (χ2n) is 4.60. The number of hydrogen-bond acceptors (Lipinski definition) is 2. The van der Waals surface area contributed by atoms with Gasteiger partial charge in [0, 0.05) is 0 Å². The first kappa shape index (κ1) is 9.38. The molecule has 0 aliphatic carbocycles. The summed E-state index contributed by atoms with van der Waals surface area (Å²) in [6.07, 6.45) is 0. The van der Waals surface area contributed by atoms with Crippen LogP contribution in [-0.4, -0.2) is 12.1 Å². The van der Waals surface area contributed by atoms with Crippen LogP contribution in [0.3, 0.4) is 0 Å². The number of ether oxygens (including phenoxy) is 1. The molecule has 0 fully saturated rings. The maximum Gasteiger partial charge on any atom is 0.143 e. The molecule has 1 aromatic carbocycles. The molecule has 0 saturated carbocycles. The molecule has 0 radical (unpaired) electrons. The first-order valence-corrected chi connectivity index (χ1v) is 5.03. The molecule has 0 saturated heterocycles. The number of fused-ring (bicyclic) bond motifs is 1. The summed E-state index contributed by atoms with van der Waals surface area (Å²) in [6.45, 7) is 9.31. The van der Waals surface area contributed by atoms with Crippen molar-refractivity contribution < 1.29 is 4.74 Å². The van der Waals surface area contributed by atoms with Gasteiger partial charge in [-0.1, -0.05) is 6.07 Å². The third-order valence-electron chi connectivity index (χ3n) is 2.77. The average Bonchev–Trinajstić information content (AvgIpc) is 2.10. The Labute approximate surface area is 85.3 Å². The number of anilines is 1. The van der Waals surface area contributed by atoms with Crippen LogP contribution in [0.5, 0.6) is 5.75 Å². The number of nitrogens with one attached hydrogen (secondary N) is 1. The lowest BCUT2D eigenvalue weighted by atomic mass is 10.0. The van der Waals surface area contributed by atoms with Crippen LogP contribution in [0.2, 0.25) is 0 Å². The molecular weight excluding hydrogens is 174 g/mol. The van der Waals surface area contributed by atoms with Crippen molar-refractivity contribution in [2.45, 2.75) is 33.3 Å². The van der Waals surface area contributed by atoms with Gasteiger partial charge >= 0.3 is 0 Å². The van der Waals surface area contributed by atoms with E-state index >= 15 is 0 Å². The van der Waals surface area contributed by atoms with Gasteiger partial charge in [-0.05, 0) is 44.9 Å². The Bertz CT molecular complexity index is 369. The zero-order chi connectivity index (χ0) is 10.3. The topological polar surface area (TPSA) is 21.3 Å². The van der Waals surface area contributed by atoms with E-state index in [9.17, 15) is 0 Å². The minimum Gasteiger partial charge on any atom is -0.484 e. The van der Waals surface area contributed by atoms with Gasteiger partial charge in [0.25, 0.3) is 0 Å². The average molecular weight is 191 g/mol. The van der Waals surface area contributed by atoms with E-state index in [-0.39, 0.29) is 5.60 Å². The van der Waals surface area contributed by atoms with Crippen molar-refractivity contribution in [3.63, 3.8) is 0 Å². The van der Waals surface area contributed by atoms with E-state index < -0.39 is 0 Å². The molecule has 1 aliphatic rings. The first-order chi connectivity index (χ1) is 6.49. The summed E-state index contributed by atoms with van der Waals surface area (Å²) in [5.41, 5.74) is 3.65. The summed E-state index contributed by atoms with van der Waals surface area (Å²) in [7, 11) is 0. The van der Waals surface area contributed by atoms with Gasteiger partial charge in [0.2, 0.25) is 0 Å². The molecule has 0 bridgehead atoms. The lowest BCUT2D eigenvalue weighted by molar-refractivity contribution is 0.116. The molecule has 2 nitrogen and oxygen atoms in total. The Balaban J connectivity index is 2.46. The van der Waals surface area contributed by atoms with Crippen LogP contribution < -0.4 is 10.1 Å². The number of aryl methyl sites for hydroxylation is 1. The first-order valence-electron chi connectivity index (χ1n) is 5.03. The molecule has 0 aromatic heterocycles. The van der Waals surface area contributed by atoms with Gasteiger partial charge < -0.3 is 10.1 Å². The lowest BCUT2D eigenvalue weighted by Gasteiger charge is -2.34. The maximum atomic E-state index is 5.89. The second-order valence-corrected chi connectivity index (χ2v) is 4.60. The van der Waals surface area contributed by atoms with Crippen LogP contribution in [0.25, 0.3) is 0 Å². The minimum atomic E-state index is -0.102. The molecule has 0 spiro atoms. The van der Waals surface area contributed by atoms with Crippen LogP contribution >= 0.6 is 0 Å². The molecule has 1 heterocycles. The molecule has 1 N–H and O–H groups in total. The van der Waals surface area contributed by atoms with Crippen molar-refractivity contribution in [1.29, 1.82) is 0 Å². The van der Waals surface area contributed by atoms with E-state index in [1.165, 1.54) is 11.1 Å². The third-order valence-corrected chi connectivity index (χ3v) is 2.77. The molecule has 14 heavy (non-hydrogen) atoms. The number of rotatable bonds is 0. The highest BCUT2D eigenvalue weighted by Gasteiger charge is 2.27. The fourth-order valence-electron chi connectivity index (χ4n) is 1.73. The van der Waals surface area contributed by atoms with E-state index in [4.69, 9.17) is 4.74 Å². The summed E-state index contributed by atoms with van der Waals surface area (Å²) in [5.74, 6) is 0.976. The maximum absolute atomic E-state index is 5.89. The van der Waals surface area contributed by atoms with Crippen molar-refractivity contribution in [2.24, 2.45) is 0 Å². The van der Waals surface area contributed by atoms with Crippen LogP contribution in [0.1, 0.15) is 25.0 Å². The fraction of sp³-hybridized carbons (Fsp3) is 0.500. The van der Waals surface area contributed by atoms with Gasteiger partial charge in [0.1, 0.15) is 11.4 Å². The fourth-order valence-corrected chi connectivity index (χ4v) is 1.73. The Kier molecular flexibility index (Phi) is 1.95. The Morgan fingerprint density at radius 3 is 2.71 bits per heavy atom. The van der Waals surface area contributed by atoms with Crippen LogP contribution in [0.4, 0.5) is 5.69 Å². The van der Waals surface area contributed by atoms with Crippen molar-refractivity contribution in [3.05, 3.63) is 23.3 Å². The van der Waals surface area contributed by atoms with E-state index in [0.29, 0.717) is 0 Å². The van der Waals surface area contributed by atoms with Crippen molar-refractivity contribution in [1.82, 2.24) is 0 Å². The highest BCUT2D eigenvalue weighted by Crippen LogP contribution is 2.36. The van der Waals surface area contributed by atoms with Gasteiger partial charge in [-0.3, -0.25) is 0 Å². The summed E-state index contributed by atoms with van der Waals surface area (Å²) < 4.78 is 5.89. The molecule has 1 aromatic rings. The van der Waals surface area contributed by atoms with Crippen LogP contribution in [0, 0.1) is 13.8 Å². The molecule has 0 unspecified atom stereocenters. The van der Waals surface area contributed by atoms with Gasteiger partial charge in [0.05, 0.1) is 12.2 Å². The third kappa shape index (κ3) is 1.45. The quantitative estimate of drug-likeness (QED) is 0.680. The van der Waals surface area contributed by atoms with E-state index in [2.05, 4.69) is 39.1 Å². The SMILES string of the molecule is Cc1ccc2c(c1C)NCC(C)(C)O2. The van der Waals surface area contributed by atoms with Gasteiger partial charge in [-0.2, -0.15) is 0 Å². The Morgan fingerprint density at radius 2 is 2.00 bits per heavy atom. The molecule has 2 rings (SSSR count). The smallest absolute Gasteiger partial charge is 0.143 e. The van der Waals surface area contributed by atoms with Gasteiger partial charge in [-0.15, -0.1) is 0 Å². The molecule has 1 aliphatic heterocycles. The predicted molar refractivity (Wildman–Crippen MR) is 59.1 cm³/mol. The van der Waals surface area contributed by atoms with Crippen molar-refractivity contribution in [2.75, 3.05) is 11.9 Å². The monoisotopic (exact) mass is 191 g/mol. The highest BCUT2D eigenvalue weighted by atomic mass is 16.5. The van der Waals surface area contributed by atoms with Crippen molar-refractivity contribution >= 4 is 5.69 Å². The molecule has 2 heteroatoms. The molecule has 0 amide bonds. The Hall–Kier alpha value is -1.18. The molecule has 0 atom stereocenters. The zero-order valence-electron chi connectivity index (χ0n) is 9.27. The normalized spacial score (nSPS) is 18.0. The standard InChI is InChI=1S/C12H17NO/c1-8-5-6-10-11(9(8)2)13-7-12(3,4)14-10/h5-6,13H,7H2,1-4H3. The number of hydrogen-bond donors (Lipinski definition) is 1. The summed E-state index contributed by atoms with van der Waals surface area (Å²) in [4.78, 5) is 0. The van der Waals surface area contributed by atoms with Gasteiger partial charge in [-0.25, -0.2) is 0 Å². The summed E-state index contributed by atoms with van der Waals surface area (Å²) in [5, 5.41) is 3.44. The zero-order valence-corrected chi connectivity index (χ0v) is 9.27. The summed E-state index contributed by atoms with van der Waals surface area (Å²) in [6, 6.07) is 4.16. The summed E-state index contributed by atoms with van der Waals surface area (Å²) >= 11 is 0. The second kappa shape index (κ2) is 2.91. The van der Waals surface area contributed by atoms with Crippen LogP contribution in [-0.2, 0) is 0 Å². The van der Waals surface area contributed by atoms with E-state index in [1.54, 1.807) is 0 Å². The van der Waals surface area contributed by atoms with Crippen molar-refractivity contribution in [3.8, 4) is 5.75 Å². The highest BCUT2D eigenvalue weighted by molar-refractivity contribution is 5.65. The minimum absolute atomic E-state index is 0.102. The molecular formula is C12H17NO. The van der Waals surface area contributed by atoms with Gasteiger partial charge in [0.15, 0.2) is 0 Å². The Morgan fingerprint density at radius 1 is 1.29 bits per heavy atom. The van der Waals surface area contributed by atoms with Crippen LogP contribution in [0.15, 0.2) is 12.1 Å². The molecule has 76 valence electrons. The van der Waals surface area contributed by atoms with E-state index in [1.807, 2.05) is 6.07 Å².